The van der Waals surface area contributed by atoms with Crippen LogP contribution < -0.4 is 4.74 Å². The SMILES string of the molecule is CC=CCCC1CC=C(c2ccc(-c3ccc(-c4ccc(OCCCCCCC)c(F)c4F)cc3)c(F)c2F)CC1. The predicted molar refractivity (Wildman–Crippen MR) is 161 cm³/mol. The maximum atomic E-state index is 15.2. The van der Waals surface area contributed by atoms with E-state index >= 15 is 8.78 Å². The summed E-state index contributed by atoms with van der Waals surface area (Å²) in [5, 5.41) is 0. The molecule has 3 aromatic carbocycles. The second-order valence-corrected chi connectivity index (χ2v) is 10.9. The van der Waals surface area contributed by atoms with Crippen LogP contribution in [0.3, 0.4) is 0 Å². The Morgan fingerprint density at radius 1 is 0.756 bits per heavy atom. The fourth-order valence-corrected chi connectivity index (χ4v) is 5.50. The third-order valence-electron chi connectivity index (χ3n) is 7.98. The van der Waals surface area contributed by atoms with Crippen molar-refractivity contribution in [2.45, 2.75) is 78.1 Å². The van der Waals surface area contributed by atoms with Crippen molar-refractivity contribution < 1.29 is 22.3 Å². The minimum atomic E-state index is -1.02. The Labute approximate surface area is 242 Å². The molecule has 0 radical (unpaired) electrons. The largest absolute Gasteiger partial charge is 0.490 e. The summed E-state index contributed by atoms with van der Waals surface area (Å²) in [7, 11) is 0. The second kappa shape index (κ2) is 15.0. The van der Waals surface area contributed by atoms with Gasteiger partial charge < -0.3 is 4.74 Å². The highest BCUT2D eigenvalue weighted by Gasteiger charge is 2.21. The molecule has 1 atom stereocenters. The molecule has 0 saturated carbocycles. The van der Waals surface area contributed by atoms with Gasteiger partial charge in [0.15, 0.2) is 23.2 Å². The Morgan fingerprint density at radius 2 is 1.37 bits per heavy atom. The summed E-state index contributed by atoms with van der Waals surface area (Å²) in [4.78, 5) is 0. The number of hydrogen-bond donors (Lipinski definition) is 0. The van der Waals surface area contributed by atoms with Gasteiger partial charge in [-0.1, -0.05) is 87.2 Å². The lowest BCUT2D eigenvalue weighted by Gasteiger charge is -2.22. The molecule has 5 heteroatoms. The Hall–Kier alpha value is -3.34. The Kier molecular flexibility index (Phi) is 11.2. The van der Waals surface area contributed by atoms with Gasteiger partial charge in [-0.05, 0) is 80.2 Å². The van der Waals surface area contributed by atoms with Crippen LogP contribution in [-0.4, -0.2) is 6.61 Å². The molecule has 1 aliphatic rings. The Bertz CT molecular complexity index is 1360. The van der Waals surface area contributed by atoms with Crippen LogP contribution in [0.15, 0.2) is 66.8 Å². The van der Waals surface area contributed by atoms with E-state index in [0.29, 0.717) is 29.2 Å². The average molecular weight is 565 g/mol. The number of ether oxygens (including phenoxy) is 1. The van der Waals surface area contributed by atoms with Gasteiger partial charge in [-0.2, -0.15) is 4.39 Å². The standard InChI is InChI=1S/C36H40F4O/c1-3-5-7-8-10-24-41-32-23-22-31(35(39)36(32)40)28-18-16-27(17-19-28)30-21-20-29(33(37)34(30)38)26-14-12-25(13-15-26)11-9-6-4-2/h4,6,14,16-23,25H,3,5,7-13,15,24H2,1-2H3. The van der Waals surface area contributed by atoms with Crippen molar-refractivity contribution in [1.29, 1.82) is 0 Å². The summed E-state index contributed by atoms with van der Waals surface area (Å²) < 4.78 is 65.5. The van der Waals surface area contributed by atoms with Gasteiger partial charge >= 0.3 is 0 Å². The molecule has 41 heavy (non-hydrogen) atoms. The molecule has 0 saturated heterocycles. The molecule has 3 aromatic rings. The van der Waals surface area contributed by atoms with E-state index in [0.717, 1.165) is 69.8 Å². The second-order valence-electron chi connectivity index (χ2n) is 10.9. The van der Waals surface area contributed by atoms with Crippen molar-refractivity contribution in [3.63, 3.8) is 0 Å². The van der Waals surface area contributed by atoms with Gasteiger partial charge in [0.1, 0.15) is 0 Å². The molecule has 0 heterocycles. The summed E-state index contributed by atoms with van der Waals surface area (Å²) >= 11 is 0. The summed E-state index contributed by atoms with van der Waals surface area (Å²) in [5.74, 6) is -3.30. The summed E-state index contributed by atoms with van der Waals surface area (Å²) in [6.45, 7) is 4.49. The third-order valence-corrected chi connectivity index (χ3v) is 7.98. The molecule has 4 rings (SSSR count). The van der Waals surface area contributed by atoms with Crippen molar-refractivity contribution in [1.82, 2.24) is 0 Å². The zero-order chi connectivity index (χ0) is 29.2. The van der Waals surface area contributed by atoms with E-state index in [2.05, 4.69) is 19.1 Å². The molecule has 0 spiro atoms. The first-order chi connectivity index (χ1) is 19.9. The van der Waals surface area contributed by atoms with E-state index in [1.165, 1.54) is 12.1 Å². The van der Waals surface area contributed by atoms with E-state index in [-0.39, 0.29) is 16.9 Å². The molecular formula is C36H40F4O. The van der Waals surface area contributed by atoms with Crippen LogP contribution in [0.5, 0.6) is 5.75 Å². The average Bonchev–Trinajstić information content (AvgIpc) is 2.99. The van der Waals surface area contributed by atoms with Gasteiger partial charge in [-0.25, -0.2) is 13.2 Å². The molecule has 0 N–H and O–H groups in total. The highest BCUT2D eigenvalue weighted by molar-refractivity contribution is 5.74. The minimum Gasteiger partial charge on any atom is -0.490 e. The molecular weight excluding hydrogens is 524 g/mol. The zero-order valence-corrected chi connectivity index (χ0v) is 24.1. The van der Waals surface area contributed by atoms with Crippen molar-refractivity contribution in [3.8, 4) is 28.0 Å². The normalized spacial score (nSPS) is 15.4. The van der Waals surface area contributed by atoms with Gasteiger partial charge in [0, 0.05) is 16.7 Å². The van der Waals surface area contributed by atoms with Crippen LogP contribution >= 0.6 is 0 Å². The third kappa shape index (κ3) is 7.69. The maximum Gasteiger partial charge on any atom is 0.201 e. The van der Waals surface area contributed by atoms with Crippen molar-refractivity contribution in [3.05, 3.63) is 95.6 Å². The van der Waals surface area contributed by atoms with Crippen molar-refractivity contribution >= 4 is 5.57 Å². The van der Waals surface area contributed by atoms with Gasteiger partial charge in [0.05, 0.1) is 6.61 Å². The molecule has 0 fully saturated rings. The van der Waals surface area contributed by atoms with Crippen molar-refractivity contribution in [2.75, 3.05) is 6.61 Å². The lowest BCUT2D eigenvalue weighted by molar-refractivity contribution is 0.285. The Balaban J connectivity index is 1.44. The first-order valence-electron chi connectivity index (χ1n) is 14.9. The predicted octanol–water partition coefficient (Wildman–Crippen LogP) is 11.5. The van der Waals surface area contributed by atoms with Crippen LogP contribution in [0.25, 0.3) is 27.8 Å². The number of benzene rings is 3. The van der Waals surface area contributed by atoms with Crippen LogP contribution in [0.1, 0.15) is 83.6 Å². The van der Waals surface area contributed by atoms with Crippen LogP contribution in [0, 0.1) is 29.2 Å². The first-order valence-corrected chi connectivity index (χ1v) is 14.9. The first kappa shape index (κ1) is 30.6. The molecule has 218 valence electrons. The molecule has 0 bridgehead atoms. The van der Waals surface area contributed by atoms with Gasteiger partial charge in [-0.15, -0.1) is 0 Å². The van der Waals surface area contributed by atoms with Crippen LogP contribution in [0.4, 0.5) is 17.6 Å². The maximum absolute atomic E-state index is 15.2. The molecule has 1 aliphatic carbocycles. The minimum absolute atomic E-state index is 0.0830. The molecule has 0 amide bonds. The highest BCUT2D eigenvalue weighted by atomic mass is 19.2. The van der Waals surface area contributed by atoms with Gasteiger partial charge in [0.2, 0.25) is 5.82 Å². The lowest BCUT2D eigenvalue weighted by atomic mass is 9.83. The number of unbranched alkanes of at least 4 members (excludes halogenated alkanes) is 4. The lowest BCUT2D eigenvalue weighted by Crippen LogP contribution is -2.07. The molecule has 1 unspecified atom stereocenters. The van der Waals surface area contributed by atoms with Gasteiger partial charge in [0.25, 0.3) is 0 Å². The number of allylic oxidation sites excluding steroid dienone is 4. The number of hydrogen-bond acceptors (Lipinski definition) is 1. The molecule has 0 aliphatic heterocycles. The smallest absolute Gasteiger partial charge is 0.201 e. The summed E-state index contributed by atoms with van der Waals surface area (Å²) in [6.07, 6.45) is 16.2. The molecule has 0 aromatic heterocycles. The summed E-state index contributed by atoms with van der Waals surface area (Å²) in [5.41, 5.74) is 2.28. The molecule has 1 nitrogen and oxygen atoms in total. The van der Waals surface area contributed by atoms with E-state index in [9.17, 15) is 8.78 Å². The van der Waals surface area contributed by atoms with Crippen LogP contribution in [-0.2, 0) is 0 Å². The van der Waals surface area contributed by atoms with Crippen molar-refractivity contribution in [2.24, 2.45) is 5.92 Å². The van der Waals surface area contributed by atoms with Crippen LogP contribution in [0.2, 0.25) is 0 Å². The quantitative estimate of drug-likeness (QED) is 0.114. The fraction of sp³-hybridized carbons (Fsp3) is 0.389. The van der Waals surface area contributed by atoms with E-state index in [1.807, 2.05) is 13.0 Å². The fourth-order valence-electron chi connectivity index (χ4n) is 5.50. The highest BCUT2D eigenvalue weighted by Crippen LogP contribution is 2.37. The zero-order valence-electron chi connectivity index (χ0n) is 24.1. The van der Waals surface area contributed by atoms with E-state index in [1.54, 1.807) is 36.4 Å². The van der Waals surface area contributed by atoms with Gasteiger partial charge in [-0.3, -0.25) is 0 Å². The summed E-state index contributed by atoms with van der Waals surface area (Å²) in [6, 6.07) is 12.5. The monoisotopic (exact) mass is 564 g/mol. The van der Waals surface area contributed by atoms with E-state index in [4.69, 9.17) is 4.74 Å². The number of rotatable bonds is 13. The number of halogens is 4. The topological polar surface area (TPSA) is 9.23 Å². The Morgan fingerprint density at radius 3 is 2.00 bits per heavy atom. The van der Waals surface area contributed by atoms with E-state index < -0.39 is 23.3 Å².